The number of benzene rings is 1. The van der Waals surface area contributed by atoms with Crippen LogP contribution in [0.2, 0.25) is 0 Å². The first-order chi connectivity index (χ1) is 11.8. The molecule has 1 fully saturated rings. The van der Waals surface area contributed by atoms with Gasteiger partial charge in [-0.25, -0.2) is 0 Å². The molecule has 2 heterocycles. The van der Waals surface area contributed by atoms with Crippen LogP contribution in [0.15, 0.2) is 40.9 Å². The lowest BCUT2D eigenvalue weighted by Crippen LogP contribution is -2.34. The van der Waals surface area contributed by atoms with Gasteiger partial charge >= 0.3 is 0 Å². The van der Waals surface area contributed by atoms with E-state index in [-0.39, 0.29) is 5.91 Å². The minimum Gasteiger partial charge on any atom is -0.351 e. The minimum atomic E-state index is -0.174. The lowest BCUT2D eigenvalue weighted by molar-refractivity contribution is 0.0916. The Morgan fingerprint density at radius 2 is 2.21 bits per heavy atom. The van der Waals surface area contributed by atoms with E-state index in [1.54, 1.807) is 0 Å². The molecule has 1 amide bonds. The predicted molar refractivity (Wildman–Crippen MR) is 92.8 cm³/mol. The summed E-state index contributed by atoms with van der Waals surface area (Å²) in [5.74, 6) is 0.477. The molecular weight excluding hydrogens is 302 g/mol. The number of carbonyl (C=O) groups is 1. The summed E-state index contributed by atoms with van der Waals surface area (Å²) in [5.41, 5.74) is 2.23. The molecule has 1 aromatic carbocycles. The molecule has 3 rings (SSSR count). The Labute approximate surface area is 143 Å². The fourth-order valence-corrected chi connectivity index (χ4v) is 3.20. The lowest BCUT2D eigenvalue weighted by Gasteiger charge is -2.31. The molecule has 128 valence electrons. The first-order valence-electron chi connectivity index (χ1n) is 8.77. The summed E-state index contributed by atoms with van der Waals surface area (Å²) in [4.78, 5) is 14.4. The smallest absolute Gasteiger partial charge is 0.289 e. The summed E-state index contributed by atoms with van der Waals surface area (Å²) in [6.45, 7) is 5.70. The molecule has 0 unspecified atom stereocenters. The van der Waals surface area contributed by atoms with Gasteiger partial charge in [0.05, 0.1) is 5.69 Å². The highest BCUT2D eigenvalue weighted by molar-refractivity contribution is 5.91. The molecule has 2 aromatic rings. The number of rotatable bonds is 6. The summed E-state index contributed by atoms with van der Waals surface area (Å²) in [6, 6.07) is 12.3. The fourth-order valence-electron chi connectivity index (χ4n) is 3.20. The third-order valence-corrected chi connectivity index (χ3v) is 4.46. The van der Waals surface area contributed by atoms with Crippen LogP contribution in [0.4, 0.5) is 0 Å². The number of piperidine rings is 1. The molecule has 5 nitrogen and oxygen atoms in total. The van der Waals surface area contributed by atoms with Gasteiger partial charge in [0.15, 0.2) is 0 Å². The normalized spacial score (nSPS) is 18.5. The second-order valence-corrected chi connectivity index (χ2v) is 6.43. The van der Waals surface area contributed by atoms with Crippen molar-refractivity contribution in [3.8, 4) is 0 Å². The second-order valence-electron chi connectivity index (χ2n) is 6.43. The van der Waals surface area contributed by atoms with E-state index in [4.69, 9.17) is 4.52 Å². The zero-order valence-electron chi connectivity index (χ0n) is 14.2. The van der Waals surface area contributed by atoms with E-state index in [1.807, 2.05) is 19.1 Å². The van der Waals surface area contributed by atoms with Crippen LogP contribution in [0.3, 0.4) is 0 Å². The van der Waals surface area contributed by atoms with Crippen molar-refractivity contribution in [1.82, 2.24) is 15.4 Å². The number of nitrogens with one attached hydrogen (secondary N) is 1. The summed E-state index contributed by atoms with van der Waals surface area (Å²) in [6.07, 6.45) is 3.14. The van der Waals surface area contributed by atoms with Crippen molar-refractivity contribution in [2.24, 2.45) is 0 Å². The fraction of sp³-hybridized carbons (Fsp3) is 0.474. The number of hydrogen-bond acceptors (Lipinski definition) is 4. The topological polar surface area (TPSA) is 58.4 Å². The standard InChI is InChI=1S/C19H25N3O2/c1-2-10-20-19(23)18-12-17(21-24-18)16-9-6-11-22(14-16)13-15-7-4-3-5-8-15/h3-5,7-8,12,16H,2,6,9-11,13-14H2,1H3,(H,20,23)/t16-/m0/s1. The molecule has 0 aliphatic carbocycles. The largest absolute Gasteiger partial charge is 0.351 e. The van der Waals surface area contributed by atoms with E-state index in [1.165, 1.54) is 5.56 Å². The van der Waals surface area contributed by atoms with Crippen molar-refractivity contribution < 1.29 is 9.32 Å². The maximum absolute atomic E-state index is 11.9. The number of carbonyl (C=O) groups excluding carboxylic acids is 1. The molecular formula is C19H25N3O2. The molecule has 1 N–H and O–H groups in total. The van der Waals surface area contributed by atoms with Crippen LogP contribution in [0, 0.1) is 0 Å². The van der Waals surface area contributed by atoms with Gasteiger partial charge in [-0.05, 0) is 31.4 Å². The van der Waals surface area contributed by atoms with Crippen LogP contribution >= 0.6 is 0 Å². The molecule has 1 aliphatic heterocycles. The molecule has 1 atom stereocenters. The first kappa shape index (κ1) is 16.7. The van der Waals surface area contributed by atoms with Crippen molar-refractivity contribution >= 4 is 5.91 Å². The van der Waals surface area contributed by atoms with E-state index < -0.39 is 0 Å². The number of likely N-dealkylation sites (tertiary alicyclic amines) is 1. The Kier molecular flexibility index (Phi) is 5.64. The van der Waals surface area contributed by atoms with Crippen LogP contribution < -0.4 is 5.32 Å². The van der Waals surface area contributed by atoms with Gasteiger partial charge in [0, 0.05) is 31.6 Å². The van der Waals surface area contributed by atoms with Gasteiger partial charge in [0.1, 0.15) is 0 Å². The summed E-state index contributed by atoms with van der Waals surface area (Å²) in [7, 11) is 0. The Morgan fingerprint density at radius 1 is 1.38 bits per heavy atom. The van der Waals surface area contributed by atoms with Crippen LogP contribution in [-0.4, -0.2) is 35.6 Å². The number of nitrogens with zero attached hydrogens (tertiary/aromatic N) is 2. The van der Waals surface area contributed by atoms with Crippen molar-refractivity contribution in [3.63, 3.8) is 0 Å². The maximum Gasteiger partial charge on any atom is 0.289 e. The number of hydrogen-bond donors (Lipinski definition) is 1. The SMILES string of the molecule is CCCNC(=O)c1cc([C@H]2CCCN(Cc3ccccc3)C2)no1. The van der Waals surface area contributed by atoms with Crippen LogP contribution in [0.25, 0.3) is 0 Å². The molecule has 1 aromatic heterocycles. The molecule has 1 saturated heterocycles. The van der Waals surface area contributed by atoms with E-state index in [0.29, 0.717) is 18.2 Å². The monoisotopic (exact) mass is 327 g/mol. The Balaban J connectivity index is 1.60. The molecule has 1 aliphatic rings. The Bertz CT molecular complexity index is 654. The van der Waals surface area contributed by atoms with Gasteiger partial charge in [-0.2, -0.15) is 0 Å². The molecule has 0 bridgehead atoms. The van der Waals surface area contributed by atoms with Crippen LogP contribution in [0.5, 0.6) is 0 Å². The highest BCUT2D eigenvalue weighted by Gasteiger charge is 2.25. The summed E-state index contributed by atoms with van der Waals surface area (Å²) < 4.78 is 5.25. The lowest BCUT2D eigenvalue weighted by atomic mass is 9.94. The molecule has 0 spiro atoms. The highest BCUT2D eigenvalue weighted by Crippen LogP contribution is 2.27. The second kappa shape index (κ2) is 8.11. The van der Waals surface area contributed by atoms with E-state index in [9.17, 15) is 4.79 Å². The van der Waals surface area contributed by atoms with Gasteiger partial charge in [0.25, 0.3) is 5.91 Å². The third-order valence-electron chi connectivity index (χ3n) is 4.46. The molecule has 5 heteroatoms. The zero-order valence-corrected chi connectivity index (χ0v) is 14.2. The van der Waals surface area contributed by atoms with Gasteiger partial charge in [0.2, 0.25) is 5.76 Å². The van der Waals surface area contributed by atoms with Crippen molar-refractivity contribution in [2.75, 3.05) is 19.6 Å². The average molecular weight is 327 g/mol. The van der Waals surface area contributed by atoms with E-state index in [2.05, 4.69) is 39.6 Å². The molecule has 0 saturated carbocycles. The van der Waals surface area contributed by atoms with Crippen LogP contribution in [0.1, 0.15) is 53.9 Å². The van der Waals surface area contributed by atoms with Crippen LogP contribution in [-0.2, 0) is 6.54 Å². The highest BCUT2D eigenvalue weighted by atomic mass is 16.5. The number of amides is 1. The Hall–Kier alpha value is -2.14. The quantitative estimate of drug-likeness (QED) is 0.885. The van der Waals surface area contributed by atoms with Gasteiger partial charge < -0.3 is 9.84 Å². The van der Waals surface area contributed by atoms with E-state index in [0.717, 1.165) is 44.6 Å². The zero-order chi connectivity index (χ0) is 16.8. The Morgan fingerprint density at radius 3 is 3.00 bits per heavy atom. The summed E-state index contributed by atoms with van der Waals surface area (Å²) >= 11 is 0. The third kappa shape index (κ3) is 4.23. The van der Waals surface area contributed by atoms with Gasteiger partial charge in [-0.3, -0.25) is 9.69 Å². The number of aromatic nitrogens is 1. The van der Waals surface area contributed by atoms with Crippen molar-refractivity contribution in [3.05, 3.63) is 53.4 Å². The molecule has 0 radical (unpaired) electrons. The predicted octanol–water partition coefficient (Wildman–Crippen LogP) is 3.19. The van der Waals surface area contributed by atoms with E-state index >= 15 is 0 Å². The maximum atomic E-state index is 11.9. The van der Waals surface area contributed by atoms with Crippen molar-refractivity contribution in [1.29, 1.82) is 0 Å². The van der Waals surface area contributed by atoms with Crippen molar-refractivity contribution in [2.45, 2.75) is 38.6 Å². The summed E-state index contributed by atoms with van der Waals surface area (Å²) in [5, 5.41) is 6.97. The van der Waals surface area contributed by atoms with Gasteiger partial charge in [-0.15, -0.1) is 0 Å². The van der Waals surface area contributed by atoms with Gasteiger partial charge in [-0.1, -0.05) is 42.4 Å². The molecule has 24 heavy (non-hydrogen) atoms. The average Bonchev–Trinajstić information content (AvgIpc) is 3.11. The first-order valence-corrected chi connectivity index (χ1v) is 8.77. The minimum absolute atomic E-state index is 0.174.